The van der Waals surface area contributed by atoms with Crippen molar-refractivity contribution in [1.29, 1.82) is 0 Å². The zero-order valence-electron chi connectivity index (χ0n) is 10.7. The first kappa shape index (κ1) is 13.2. The molecule has 1 saturated heterocycles. The molecule has 1 nitrogen and oxygen atoms in total. The zero-order chi connectivity index (χ0) is 14.2. The fraction of sp³-hybridized carbons (Fsp3) is 0.250. The van der Waals surface area contributed by atoms with E-state index in [4.69, 9.17) is 4.74 Å². The lowest BCUT2D eigenvalue weighted by Crippen LogP contribution is -2.04. The summed E-state index contributed by atoms with van der Waals surface area (Å²) in [6.45, 7) is 0.765. The van der Waals surface area contributed by atoms with Crippen LogP contribution in [-0.2, 0) is 17.3 Å². The van der Waals surface area contributed by atoms with Crippen LogP contribution in [0.2, 0.25) is 0 Å². The van der Waals surface area contributed by atoms with Crippen LogP contribution in [0.25, 0.3) is 11.1 Å². The van der Waals surface area contributed by atoms with Crippen LogP contribution in [0, 0.1) is 0 Å². The van der Waals surface area contributed by atoms with Crippen LogP contribution < -0.4 is 0 Å². The Hall–Kier alpha value is -1.81. The average molecular weight is 278 g/mol. The summed E-state index contributed by atoms with van der Waals surface area (Å²) in [5, 5.41) is 0. The first-order valence-electron chi connectivity index (χ1n) is 6.41. The molecule has 20 heavy (non-hydrogen) atoms. The number of rotatable bonds is 3. The number of alkyl halides is 3. The molecule has 1 atom stereocenters. The molecule has 0 N–H and O–H groups in total. The minimum Gasteiger partial charge on any atom is -0.373 e. The lowest BCUT2D eigenvalue weighted by molar-refractivity contribution is -0.137. The molecule has 3 rings (SSSR count). The van der Waals surface area contributed by atoms with E-state index in [2.05, 4.69) is 0 Å². The van der Waals surface area contributed by atoms with Crippen molar-refractivity contribution >= 4 is 0 Å². The van der Waals surface area contributed by atoms with E-state index in [9.17, 15) is 13.2 Å². The summed E-state index contributed by atoms with van der Waals surface area (Å²) in [5.41, 5.74) is 2.25. The number of ether oxygens (including phenoxy) is 1. The fourth-order valence-electron chi connectivity index (χ4n) is 2.25. The minimum absolute atomic E-state index is 0.255. The molecular formula is C16H13F3O. The van der Waals surface area contributed by atoms with E-state index in [0.717, 1.165) is 41.9 Å². The normalized spacial score (nSPS) is 18.1. The Morgan fingerprint density at radius 1 is 1.00 bits per heavy atom. The Morgan fingerprint density at radius 3 is 2.25 bits per heavy atom. The first-order chi connectivity index (χ1) is 9.54. The smallest absolute Gasteiger partial charge is 0.373 e. The Bertz CT molecular complexity index is 598. The number of hydrogen-bond donors (Lipinski definition) is 0. The van der Waals surface area contributed by atoms with Gasteiger partial charge in [-0.05, 0) is 28.8 Å². The van der Waals surface area contributed by atoms with E-state index < -0.39 is 11.7 Å². The Labute approximate surface area is 115 Å². The third kappa shape index (κ3) is 2.85. The van der Waals surface area contributed by atoms with Crippen LogP contribution in [0.1, 0.15) is 11.1 Å². The summed E-state index contributed by atoms with van der Waals surface area (Å²) < 4.78 is 42.9. The molecule has 2 aromatic carbocycles. The second kappa shape index (κ2) is 4.94. The van der Waals surface area contributed by atoms with Gasteiger partial charge in [0, 0.05) is 6.42 Å². The SMILES string of the molecule is FC(F)(F)c1ccc(-c2ccccc2CC2CO2)cc1. The maximum absolute atomic E-state index is 12.6. The third-order valence-corrected chi connectivity index (χ3v) is 3.39. The van der Waals surface area contributed by atoms with Gasteiger partial charge in [-0.2, -0.15) is 13.2 Å². The molecular weight excluding hydrogens is 265 g/mol. The molecule has 104 valence electrons. The number of halogens is 3. The summed E-state index contributed by atoms with van der Waals surface area (Å²) in [6.07, 6.45) is -3.23. The van der Waals surface area contributed by atoms with Gasteiger partial charge in [0.2, 0.25) is 0 Å². The molecule has 0 spiro atoms. The molecule has 1 aliphatic rings. The predicted molar refractivity (Wildman–Crippen MR) is 70.3 cm³/mol. The van der Waals surface area contributed by atoms with E-state index >= 15 is 0 Å². The second-order valence-electron chi connectivity index (χ2n) is 4.89. The third-order valence-electron chi connectivity index (χ3n) is 3.39. The molecule has 1 aliphatic heterocycles. The fourth-order valence-corrected chi connectivity index (χ4v) is 2.25. The molecule has 4 heteroatoms. The van der Waals surface area contributed by atoms with Gasteiger partial charge in [-0.15, -0.1) is 0 Å². The summed E-state index contributed by atoms with van der Waals surface area (Å²) in [7, 11) is 0. The first-order valence-corrected chi connectivity index (χ1v) is 6.41. The lowest BCUT2D eigenvalue weighted by atomic mass is 9.96. The van der Waals surface area contributed by atoms with Crippen molar-refractivity contribution in [3.8, 4) is 11.1 Å². The summed E-state index contributed by atoms with van der Waals surface area (Å²) in [4.78, 5) is 0. The van der Waals surface area contributed by atoms with Crippen molar-refractivity contribution in [3.05, 3.63) is 59.7 Å². The van der Waals surface area contributed by atoms with Crippen molar-refractivity contribution in [2.45, 2.75) is 18.7 Å². The zero-order valence-corrected chi connectivity index (χ0v) is 10.7. The van der Waals surface area contributed by atoms with Crippen LogP contribution in [0.3, 0.4) is 0 Å². The van der Waals surface area contributed by atoms with Crippen LogP contribution >= 0.6 is 0 Å². The molecule has 0 aliphatic carbocycles. The molecule has 0 saturated carbocycles. The standard InChI is InChI=1S/C16H13F3O/c17-16(18,19)13-7-5-11(6-8-13)15-4-2-1-3-12(15)9-14-10-20-14/h1-8,14H,9-10H2. The maximum atomic E-state index is 12.6. The van der Waals surface area contributed by atoms with Crippen molar-refractivity contribution in [2.24, 2.45) is 0 Å². The lowest BCUT2D eigenvalue weighted by Gasteiger charge is -2.11. The molecule has 1 unspecified atom stereocenters. The molecule has 0 radical (unpaired) electrons. The number of epoxide rings is 1. The minimum atomic E-state index is -4.29. The highest BCUT2D eigenvalue weighted by Gasteiger charge is 2.30. The summed E-state index contributed by atoms with van der Waals surface area (Å²) in [5.74, 6) is 0. The van der Waals surface area contributed by atoms with Crippen molar-refractivity contribution in [3.63, 3.8) is 0 Å². The van der Waals surface area contributed by atoms with E-state index in [1.165, 1.54) is 12.1 Å². The predicted octanol–water partition coefficient (Wildman–Crippen LogP) is 4.31. The van der Waals surface area contributed by atoms with E-state index in [1.54, 1.807) is 0 Å². The Balaban J connectivity index is 1.92. The van der Waals surface area contributed by atoms with Gasteiger partial charge in [-0.25, -0.2) is 0 Å². The number of benzene rings is 2. The molecule has 2 aromatic rings. The summed E-state index contributed by atoms with van der Waals surface area (Å²) in [6, 6.07) is 13.1. The average Bonchev–Trinajstić information content (AvgIpc) is 3.23. The van der Waals surface area contributed by atoms with Crippen molar-refractivity contribution in [2.75, 3.05) is 6.61 Å². The van der Waals surface area contributed by atoms with Gasteiger partial charge < -0.3 is 4.74 Å². The molecule has 1 fully saturated rings. The molecule has 1 heterocycles. The molecule has 0 amide bonds. The van der Waals surface area contributed by atoms with Gasteiger partial charge in [-0.3, -0.25) is 0 Å². The topological polar surface area (TPSA) is 12.5 Å². The van der Waals surface area contributed by atoms with Crippen LogP contribution in [0.15, 0.2) is 48.5 Å². The van der Waals surface area contributed by atoms with E-state index in [0.29, 0.717) is 0 Å². The van der Waals surface area contributed by atoms with E-state index in [-0.39, 0.29) is 6.10 Å². The summed E-state index contributed by atoms with van der Waals surface area (Å²) >= 11 is 0. The highest BCUT2D eigenvalue weighted by Crippen LogP contribution is 2.32. The highest BCUT2D eigenvalue weighted by atomic mass is 19.4. The Morgan fingerprint density at radius 2 is 1.65 bits per heavy atom. The van der Waals surface area contributed by atoms with Gasteiger partial charge in [0.05, 0.1) is 18.3 Å². The van der Waals surface area contributed by atoms with Gasteiger partial charge in [0.15, 0.2) is 0 Å². The van der Waals surface area contributed by atoms with Gasteiger partial charge >= 0.3 is 6.18 Å². The van der Waals surface area contributed by atoms with Gasteiger partial charge in [0.25, 0.3) is 0 Å². The Kier molecular flexibility index (Phi) is 3.26. The maximum Gasteiger partial charge on any atom is 0.416 e. The quantitative estimate of drug-likeness (QED) is 0.762. The van der Waals surface area contributed by atoms with Crippen LogP contribution in [0.5, 0.6) is 0 Å². The van der Waals surface area contributed by atoms with Crippen LogP contribution in [0.4, 0.5) is 13.2 Å². The molecule has 0 bridgehead atoms. The monoisotopic (exact) mass is 278 g/mol. The number of hydrogen-bond acceptors (Lipinski definition) is 1. The highest BCUT2D eigenvalue weighted by molar-refractivity contribution is 5.67. The van der Waals surface area contributed by atoms with Gasteiger partial charge in [0.1, 0.15) is 0 Å². The second-order valence-corrected chi connectivity index (χ2v) is 4.89. The van der Waals surface area contributed by atoms with Gasteiger partial charge in [-0.1, -0.05) is 36.4 Å². The van der Waals surface area contributed by atoms with E-state index in [1.807, 2.05) is 24.3 Å². The van der Waals surface area contributed by atoms with Crippen molar-refractivity contribution in [1.82, 2.24) is 0 Å². The van der Waals surface area contributed by atoms with Crippen LogP contribution in [-0.4, -0.2) is 12.7 Å². The van der Waals surface area contributed by atoms with Crippen molar-refractivity contribution < 1.29 is 17.9 Å². The molecule has 0 aromatic heterocycles. The largest absolute Gasteiger partial charge is 0.416 e.